The lowest BCUT2D eigenvalue weighted by Gasteiger charge is -2.21. The summed E-state index contributed by atoms with van der Waals surface area (Å²) in [4.78, 5) is 24.5. The minimum Gasteiger partial charge on any atom is -0.511 e. The Kier molecular flexibility index (Phi) is 8.49. The van der Waals surface area contributed by atoms with Crippen molar-refractivity contribution in [3.8, 4) is 0 Å². The second-order valence-electron chi connectivity index (χ2n) is 5.63. The number of ketones is 1. The number of Topliss-reactive ketones (excluding diaryl/α,β-unsaturated/α-hetero) is 1. The number of hydrogen-bond donors (Lipinski definition) is 1. The summed E-state index contributed by atoms with van der Waals surface area (Å²) in [6, 6.07) is 0. The molecule has 0 aromatic rings. The molecule has 0 bridgehead atoms. The van der Waals surface area contributed by atoms with Gasteiger partial charge in [-0.05, 0) is 18.6 Å². The van der Waals surface area contributed by atoms with E-state index in [0.29, 0.717) is 16.8 Å². The third kappa shape index (κ3) is 6.07. The molecule has 5 heteroatoms. The molecule has 0 aromatic carbocycles. The van der Waals surface area contributed by atoms with Crippen LogP contribution in [-0.4, -0.2) is 32.8 Å². The summed E-state index contributed by atoms with van der Waals surface area (Å²) in [7, 11) is 0. The van der Waals surface area contributed by atoms with Gasteiger partial charge < -0.3 is 5.11 Å². The monoisotopic (exact) mass is 330 g/mol. The Morgan fingerprint density at radius 1 is 1.19 bits per heavy atom. The van der Waals surface area contributed by atoms with E-state index in [1.807, 2.05) is 6.92 Å². The molecule has 0 amide bonds. The Morgan fingerprint density at radius 2 is 1.81 bits per heavy atom. The molecular weight excluding hydrogens is 304 g/mol. The number of aliphatic hydroxyl groups is 1. The van der Waals surface area contributed by atoms with Gasteiger partial charge in [0.05, 0.1) is 5.75 Å². The molecule has 120 valence electrons. The smallest absolute Gasteiger partial charge is 0.226 e. The van der Waals surface area contributed by atoms with Crippen molar-refractivity contribution in [2.24, 2.45) is 5.92 Å². The van der Waals surface area contributed by atoms with Crippen molar-refractivity contribution < 1.29 is 14.7 Å². The normalized spacial score (nSPS) is 17.7. The van der Waals surface area contributed by atoms with E-state index in [0.717, 1.165) is 24.6 Å². The highest BCUT2D eigenvalue weighted by molar-refractivity contribution is 8.14. The molecule has 21 heavy (non-hydrogen) atoms. The van der Waals surface area contributed by atoms with E-state index in [1.54, 1.807) is 25.6 Å². The summed E-state index contributed by atoms with van der Waals surface area (Å²) in [5, 5.41) is 10.3. The summed E-state index contributed by atoms with van der Waals surface area (Å²) in [6.45, 7) is 5.45. The minimum atomic E-state index is -0.294. The molecule has 1 aliphatic carbocycles. The summed E-state index contributed by atoms with van der Waals surface area (Å²) in [5.41, 5.74) is 0.0140. The lowest BCUT2D eigenvalue weighted by atomic mass is 10.0. The van der Waals surface area contributed by atoms with E-state index >= 15 is 0 Å². The molecule has 0 aliphatic heterocycles. The highest BCUT2D eigenvalue weighted by Gasteiger charge is 2.25. The molecule has 1 rings (SSSR count). The van der Waals surface area contributed by atoms with Crippen LogP contribution in [0.1, 0.15) is 52.9 Å². The van der Waals surface area contributed by atoms with Crippen molar-refractivity contribution in [1.82, 2.24) is 0 Å². The van der Waals surface area contributed by atoms with Crippen LogP contribution in [0.15, 0.2) is 11.3 Å². The number of carbonyl (C=O) groups is 2. The Labute approximate surface area is 136 Å². The Balaban J connectivity index is 2.71. The molecule has 3 nitrogen and oxygen atoms in total. The summed E-state index contributed by atoms with van der Waals surface area (Å²) < 4.78 is 0. The van der Waals surface area contributed by atoms with E-state index in [-0.39, 0.29) is 28.1 Å². The van der Waals surface area contributed by atoms with Gasteiger partial charge >= 0.3 is 0 Å². The Bertz CT molecular complexity index is 396. The van der Waals surface area contributed by atoms with Crippen LogP contribution >= 0.6 is 23.5 Å². The fourth-order valence-electron chi connectivity index (χ4n) is 2.35. The zero-order valence-corrected chi connectivity index (χ0v) is 14.8. The molecule has 1 N–H and O–H groups in total. The maximum atomic E-state index is 12.4. The van der Waals surface area contributed by atoms with Gasteiger partial charge in [0.2, 0.25) is 5.12 Å². The number of aliphatic hydroxyl groups excluding tert-OH is 1. The van der Waals surface area contributed by atoms with Gasteiger partial charge in [0, 0.05) is 11.2 Å². The van der Waals surface area contributed by atoms with Crippen LogP contribution in [0.25, 0.3) is 0 Å². The van der Waals surface area contributed by atoms with Gasteiger partial charge in [-0.15, -0.1) is 0 Å². The van der Waals surface area contributed by atoms with Crippen LogP contribution in [0, 0.1) is 5.92 Å². The fourth-order valence-corrected chi connectivity index (χ4v) is 4.17. The topological polar surface area (TPSA) is 54.4 Å². The van der Waals surface area contributed by atoms with Crippen molar-refractivity contribution >= 4 is 34.4 Å². The van der Waals surface area contributed by atoms with Gasteiger partial charge in [-0.3, -0.25) is 9.59 Å². The highest BCUT2D eigenvalue weighted by Crippen LogP contribution is 2.29. The van der Waals surface area contributed by atoms with Crippen molar-refractivity contribution in [1.29, 1.82) is 0 Å². The zero-order chi connectivity index (χ0) is 15.8. The van der Waals surface area contributed by atoms with Gasteiger partial charge in [-0.1, -0.05) is 51.8 Å². The van der Waals surface area contributed by atoms with Crippen LogP contribution in [0.4, 0.5) is 0 Å². The van der Waals surface area contributed by atoms with Gasteiger partial charge in [-0.25, -0.2) is 0 Å². The third-order valence-corrected chi connectivity index (χ3v) is 5.69. The molecule has 0 radical (unpaired) electrons. The van der Waals surface area contributed by atoms with Crippen molar-refractivity contribution in [2.45, 2.75) is 58.1 Å². The molecule has 0 atom stereocenters. The van der Waals surface area contributed by atoms with Gasteiger partial charge in [0.1, 0.15) is 11.3 Å². The van der Waals surface area contributed by atoms with Crippen LogP contribution in [0.3, 0.4) is 0 Å². The SMILES string of the molecule is CCSC(=O)C(C(=O)CSC1CCCCC1)=C(O)C(C)C. The van der Waals surface area contributed by atoms with Gasteiger partial charge in [0.15, 0.2) is 5.78 Å². The van der Waals surface area contributed by atoms with E-state index in [2.05, 4.69) is 0 Å². The van der Waals surface area contributed by atoms with E-state index in [9.17, 15) is 14.7 Å². The predicted molar refractivity (Wildman–Crippen MR) is 92.0 cm³/mol. The number of carbonyl (C=O) groups excluding carboxylic acids is 2. The first-order chi connectivity index (χ1) is 9.97. The Morgan fingerprint density at radius 3 is 2.33 bits per heavy atom. The maximum absolute atomic E-state index is 12.4. The van der Waals surface area contributed by atoms with Crippen LogP contribution in [0.5, 0.6) is 0 Å². The van der Waals surface area contributed by atoms with Crippen LogP contribution in [-0.2, 0) is 9.59 Å². The van der Waals surface area contributed by atoms with E-state index < -0.39 is 0 Å². The van der Waals surface area contributed by atoms with E-state index in [1.165, 1.54) is 19.3 Å². The summed E-state index contributed by atoms with van der Waals surface area (Å²) in [6.07, 6.45) is 6.07. The molecule has 1 saturated carbocycles. The van der Waals surface area contributed by atoms with Crippen LogP contribution in [0.2, 0.25) is 0 Å². The molecule has 1 fully saturated rings. The average Bonchev–Trinajstić information content (AvgIpc) is 2.46. The first-order valence-electron chi connectivity index (χ1n) is 7.72. The average molecular weight is 331 g/mol. The molecule has 1 aliphatic rings. The number of thioether (sulfide) groups is 2. The molecule has 0 spiro atoms. The minimum absolute atomic E-state index is 0.0140. The second-order valence-corrected chi connectivity index (χ2v) is 8.16. The van der Waals surface area contributed by atoms with Crippen LogP contribution < -0.4 is 0 Å². The zero-order valence-electron chi connectivity index (χ0n) is 13.2. The number of allylic oxidation sites excluding steroid dienone is 1. The standard InChI is InChI=1S/C16H26O3S2/c1-4-20-16(19)14(15(18)11(2)3)13(17)10-21-12-8-6-5-7-9-12/h11-12,18H,4-10H2,1-3H3. The molecular formula is C16H26O3S2. The highest BCUT2D eigenvalue weighted by atomic mass is 32.2. The van der Waals surface area contributed by atoms with E-state index in [4.69, 9.17) is 0 Å². The van der Waals surface area contributed by atoms with Crippen molar-refractivity contribution in [2.75, 3.05) is 11.5 Å². The van der Waals surface area contributed by atoms with Gasteiger partial charge in [-0.2, -0.15) is 11.8 Å². The molecule has 0 heterocycles. The summed E-state index contributed by atoms with van der Waals surface area (Å²) >= 11 is 2.73. The lowest BCUT2D eigenvalue weighted by molar-refractivity contribution is -0.116. The fraction of sp³-hybridized carbons (Fsp3) is 0.750. The first kappa shape index (κ1) is 18.6. The second kappa shape index (κ2) is 9.57. The maximum Gasteiger partial charge on any atom is 0.226 e. The molecule has 0 unspecified atom stereocenters. The lowest BCUT2D eigenvalue weighted by Crippen LogP contribution is -2.19. The summed E-state index contributed by atoms with van der Waals surface area (Å²) in [5.74, 6) is 0.423. The number of rotatable bonds is 7. The largest absolute Gasteiger partial charge is 0.511 e. The third-order valence-electron chi connectivity index (χ3n) is 3.56. The first-order valence-corrected chi connectivity index (χ1v) is 9.75. The quantitative estimate of drug-likeness (QED) is 0.325. The van der Waals surface area contributed by atoms with Gasteiger partial charge in [0.25, 0.3) is 0 Å². The predicted octanol–water partition coefficient (Wildman–Crippen LogP) is 4.37. The Hall–Kier alpha value is -0.420. The number of hydrogen-bond acceptors (Lipinski definition) is 5. The van der Waals surface area contributed by atoms with Crippen molar-refractivity contribution in [3.05, 3.63) is 11.3 Å². The molecule has 0 saturated heterocycles. The molecule has 0 aromatic heterocycles. The van der Waals surface area contributed by atoms with Crippen molar-refractivity contribution in [3.63, 3.8) is 0 Å².